The molecule has 2 aromatic carbocycles. The fourth-order valence-electron chi connectivity index (χ4n) is 3.77. The van der Waals surface area contributed by atoms with Crippen molar-refractivity contribution >= 4 is 29.2 Å². The number of ether oxygens (including phenoxy) is 2. The van der Waals surface area contributed by atoms with Crippen molar-refractivity contribution in [2.45, 2.75) is 6.42 Å². The molecule has 0 spiro atoms. The van der Waals surface area contributed by atoms with Gasteiger partial charge in [0.25, 0.3) is 0 Å². The number of nitrogens with zero attached hydrogens (tertiary/aromatic N) is 2. The van der Waals surface area contributed by atoms with Gasteiger partial charge in [-0.3, -0.25) is 9.69 Å². The molecule has 0 bridgehead atoms. The van der Waals surface area contributed by atoms with Crippen LogP contribution in [-0.2, 0) is 11.2 Å². The molecule has 0 radical (unpaired) electrons. The number of piperazine rings is 1. The van der Waals surface area contributed by atoms with Gasteiger partial charge in [0.2, 0.25) is 5.91 Å². The third kappa shape index (κ3) is 5.83. The first-order chi connectivity index (χ1) is 15.6. The molecule has 4 rings (SSSR count). The fraction of sp³-hybridized carbons (Fsp3) is 0.391. The maximum absolute atomic E-state index is 12.5. The summed E-state index contributed by atoms with van der Waals surface area (Å²) in [4.78, 5) is 28.6. The number of hydrogen-bond donors (Lipinski definition) is 2. The van der Waals surface area contributed by atoms with Crippen molar-refractivity contribution in [2.75, 3.05) is 57.8 Å². The normalized spacial score (nSPS) is 15.8. The van der Waals surface area contributed by atoms with E-state index in [0.29, 0.717) is 75.4 Å². The second kappa shape index (κ2) is 10.6. The molecule has 2 aliphatic heterocycles. The van der Waals surface area contributed by atoms with Crippen LogP contribution >= 0.6 is 11.6 Å². The molecular weight excluding hydrogens is 432 g/mol. The molecule has 0 aliphatic carbocycles. The molecule has 2 aliphatic rings. The highest BCUT2D eigenvalue weighted by Gasteiger charge is 2.22. The van der Waals surface area contributed by atoms with Gasteiger partial charge in [0.15, 0.2) is 11.5 Å². The van der Waals surface area contributed by atoms with E-state index in [1.807, 2.05) is 42.5 Å². The minimum atomic E-state index is -0.0953. The van der Waals surface area contributed by atoms with Crippen LogP contribution in [0.25, 0.3) is 0 Å². The number of fused-ring (bicyclic) bond motifs is 1. The summed E-state index contributed by atoms with van der Waals surface area (Å²) in [5.41, 5.74) is 1.77. The largest absolute Gasteiger partial charge is 0.486 e. The molecule has 2 N–H and O–H groups in total. The number of urea groups is 1. The molecule has 1 saturated heterocycles. The van der Waals surface area contributed by atoms with Gasteiger partial charge in [0, 0.05) is 38.4 Å². The maximum Gasteiger partial charge on any atom is 0.317 e. The summed E-state index contributed by atoms with van der Waals surface area (Å²) in [6, 6.07) is 13.1. The molecule has 9 heteroatoms. The predicted molar refractivity (Wildman–Crippen MR) is 123 cm³/mol. The van der Waals surface area contributed by atoms with E-state index in [2.05, 4.69) is 15.5 Å². The van der Waals surface area contributed by atoms with Crippen LogP contribution in [0, 0.1) is 0 Å². The SMILES string of the molecule is O=C(CN1CCN(C(=O)NCCc2cc(Cl)c3c(c2)OCCO3)CC1)Nc1ccccc1. The number of benzene rings is 2. The molecular formula is C23H27ClN4O4. The molecule has 0 atom stereocenters. The first-order valence-electron chi connectivity index (χ1n) is 10.8. The average molecular weight is 459 g/mol. The van der Waals surface area contributed by atoms with E-state index in [9.17, 15) is 9.59 Å². The van der Waals surface area contributed by atoms with Gasteiger partial charge in [-0.15, -0.1) is 0 Å². The zero-order valence-corrected chi connectivity index (χ0v) is 18.6. The van der Waals surface area contributed by atoms with E-state index in [1.54, 1.807) is 4.90 Å². The zero-order chi connectivity index (χ0) is 22.3. The fourth-order valence-corrected chi connectivity index (χ4v) is 4.06. The molecule has 8 nitrogen and oxygen atoms in total. The van der Waals surface area contributed by atoms with Crippen LogP contribution in [0.15, 0.2) is 42.5 Å². The number of nitrogens with one attached hydrogen (secondary N) is 2. The van der Waals surface area contributed by atoms with Crippen molar-refractivity contribution in [3.63, 3.8) is 0 Å². The number of halogens is 1. The summed E-state index contributed by atoms with van der Waals surface area (Å²) in [6.45, 7) is 4.29. The Labute approximate surface area is 192 Å². The first kappa shape index (κ1) is 22.2. The number of amides is 3. The Morgan fingerprint density at radius 3 is 2.53 bits per heavy atom. The topological polar surface area (TPSA) is 83.1 Å². The van der Waals surface area contributed by atoms with Crippen molar-refractivity contribution < 1.29 is 19.1 Å². The molecule has 0 aromatic heterocycles. The molecule has 1 fully saturated rings. The molecule has 0 saturated carbocycles. The van der Waals surface area contributed by atoms with E-state index < -0.39 is 0 Å². The van der Waals surface area contributed by atoms with E-state index >= 15 is 0 Å². The standard InChI is InChI=1S/C23H27ClN4O4/c24-19-14-17(15-20-22(19)32-13-12-31-20)6-7-25-23(30)28-10-8-27(9-11-28)16-21(29)26-18-4-2-1-3-5-18/h1-5,14-15H,6-13,16H2,(H,25,30)(H,26,29). The van der Waals surface area contributed by atoms with Crippen LogP contribution in [0.5, 0.6) is 11.5 Å². The molecule has 3 amide bonds. The summed E-state index contributed by atoms with van der Waals surface area (Å²) in [6.07, 6.45) is 0.641. The van der Waals surface area contributed by atoms with E-state index in [1.165, 1.54) is 0 Å². The predicted octanol–water partition coefficient (Wildman–Crippen LogP) is 2.62. The van der Waals surface area contributed by atoms with Crippen LogP contribution in [0.4, 0.5) is 10.5 Å². The molecule has 0 unspecified atom stereocenters. The highest BCUT2D eigenvalue weighted by molar-refractivity contribution is 6.32. The zero-order valence-electron chi connectivity index (χ0n) is 17.8. The van der Waals surface area contributed by atoms with Crippen LogP contribution in [0.2, 0.25) is 5.02 Å². The average Bonchev–Trinajstić information content (AvgIpc) is 2.80. The van der Waals surface area contributed by atoms with Gasteiger partial charge >= 0.3 is 6.03 Å². The first-order valence-corrected chi connectivity index (χ1v) is 11.1. The molecule has 2 aromatic rings. The summed E-state index contributed by atoms with van der Waals surface area (Å²) in [5, 5.41) is 6.38. The van der Waals surface area contributed by atoms with Gasteiger partial charge < -0.3 is 25.0 Å². The van der Waals surface area contributed by atoms with Gasteiger partial charge in [-0.05, 0) is 36.2 Å². The summed E-state index contributed by atoms with van der Waals surface area (Å²) < 4.78 is 11.1. The van der Waals surface area contributed by atoms with Crippen molar-refractivity contribution in [1.82, 2.24) is 15.1 Å². The molecule has 2 heterocycles. The van der Waals surface area contributed by atoms with Gasteiger partial charge in [-0.1, -0.05) is 29.8 Å². The van der Waals surface area contributed by atoms with Gasteiger partial charge in [0.05, 0.1) is 11.6 Å². The Bertz CT molecular complexity index is 949. The van der Waals surface area contributed by atoms with Crippen LogP contribution < -0.4 is 20.1 Å². The molecule has 170 valence electrons. The number of rotatable bonds is 6. The minimum absolute atomic E-state index is 0.0489. The van der Waals surface area contributed by atoms with E-state index in [4.69, 9.17) is 21.1 Å². The highest BCUT2D eigenvalue weighted by atomic mass is 35.5. The lowest BCUT2D eigenvalue weighted by Crippen LogP contribution is -2.53. The lowest BCUT2D eigenvalue weighted by molar-refractivity contribution is -0.117. The van der Waals surface area contributed by atoms with Crippen molar-refractivity contribution in [2.24, 2.45) is 0 Å². The quantitative estimate of drug-likeness (QED) is 0.695. The number of para-hydroxylation sites is 1. The second-order valence-corrected chi connectivity index (χ2v) is 8.17. The third-order valence-electron chi connectivity index (χ3n) is 5.43. The lowest BCUT2D eigenvalue weighted by atomic mass is 10.1. The lowest BCUT2D eigenvalue weighted by Gasteiger charge is -2.34. The van der Waals surface area contributed by atoms with Gasteiger partial charge in [-0.25, -0.2) is 4.79 Å². The smallest absolute Gasteiger partial charge is 0.317 e. The third-order valence-corrected chi connectivity index (χ3v) is 5.71. The monoisotopic (exact) mass is 458 g/mol. The second-order valence-electron chi connectivity index (χ2n) is 7.76. The Kier molecular flexibility index (Phi) is 7.34. The highest BCUT2D eigenvalue weighted by Crippen LogP contribution is 2.38. The Hall–Kier alpha value is -2.97. The van der Waals surface area contributed by atoms with E-state index in [-0.39, 0.29) is 11.9 Å². The van der Waals surface area contributed by atoms with Gasteiger partial charge in [0.1, 0.15) is 13.2 Å². The summed E-state index contributed by atoms with van der Waals surface area (Å²) in [5.74, 6) is 1.19. The Balaban J connectivity index is 1.17. The van der Waals surface area contributed by atoms with E-state index in [0.717, 1.165) is 11.3 Å². The van der Waals surface area contributed by atoms with Gasteiger partial charge in [-0.2, -0.15) is 0 Å². The minimum Gasteiger partial charge on any atom is -0.486 e. The van der Waals surface area contributed by atoms with Crippen molar-refractivity contribution in [3.05, 3.63) is 53.1 Å². The maximum atomic E-state index is 12.5. The number of carbonyl (C=O) groups excluding carboxylic acids is 2. The van der Waals surface area contributed by atoms with Crippen LogP contribution in [0.1, 0.15) is 5.56 Å². The number of anilines is 1. The van der Waals surface area contributed by atoms with Crippen molar-refractivity contribution in [1.29, 1.82) is 0 Å². The molecule has 32 heavy (non-hydrogen) atoms. The van der Waals surface area contributed by atoms with Crippen LogP contribution in [0.3, 0.4) is 0 Å². The summed E-state index contributed by atoms with van der Waals surface area (Å²) in [7, 11) is 0. The Morgan fingerprint density at radius 2 is 1.75 bits per heavy atom. The number of carbonyl (C=O) groups is 2. The van der Waals surface area contributed by atoms with Crippen LogP contribution in [-0.4, -0.2) is 74.2 Å². The Morgan fingerprint density at radius 1 is 1.00 bits per heavy atom. The summed E-state index contributed by atoms with van der Waals surface area (Å²) >= 11 is 6.27. The van der Waals surface area contributed by atoms with Crippen molar-refractivity contribution in [3.8, 4) is 11.5 Å². The number of hydrogen-bond acceptors (Lipinski definition) is 5.